The zero-order valence-electron chi connectivity index (χ0n) is 16.0. The number of methoxy groups -OCH3 is 1. The molecule has 1 fully saturated rings. The lowest BCUT2D eigenvalue weighted by molar-refractivity contribution is -0.117. The number of carbonyl (C=O) groups excluding carboxylic acids is 2. The van der Waals surface area contributed by atoms with Gasteiger partial charge in [0.05, 0.1) is 13.2 Å². The van der Waals surface area contributed by atoms with Crippen LogP contribution < -0.4 is 20.3 Å². The smallest absolute Gasteiger partial charge is 0.319 e. The molecule has 2 aliphatic rings. The zero-order chi connectivity index (χ0) is 19.5. The Labute approximate surface area is 164 Å². The van der Waals surface area contributed by atoms with Gasteiger partial charge in [0.15, 0.2) is 0 Å². The third-order valence-electron chi connectivity index (χ3n) is 5.48. The summed E-state index contributed by atoms with van der Waals surface area (Å²) in [6, 6.07) is 13.2. The topological polar surface area (TPSA) is 70.7 Å². The van der Waals surface area contributed by atoms with Crippen molar-refractivity contribution in [2.45, 2.75) is 38.1 Å². The number of urea groups is 1. The Morgan fingerprint density at radius 3 is 2.64 bits per heavy atom. The molecule has 146 valence electrons. The predicted molar refractivity (Wildman–Crippen MR) is 109 cm³/mol. The van der Waals surface area contributed by atoms with Crippen molar-refractivity contribution in [3.8, 4) is 5.75 Å². The molecule has 1 aliphatic carbocycles. The predicted octanol–water partition coefficient (Wildman–Crippen LogP) is 4.02. The fourth-order valence-corrected chi connectivity index (χ4v) is 4.04. The summed E-state index contributed by atoms with van der Waals surface area (Å²) in [7, 11) is 1.67. The molecule has 2 aromatic carbocycles. The molecule has 0 unspecified atom stereocenters. The van der Waals surface area contributed by atoms with Gasteiger partial charge in [-0.25, -0.2) is 4.79 Å². The molecule has 1 atom stereocenters. The third kappa shape index (κ3) is 3.81. The van der Waals surface area contributed by atoms with E-state index in [-0.39, 0.29) is 18.0 Å². The van der Waals surface area contributed by atoms with Gasteiger partial charge in [0.25, 0.3) is 0 Å². The summed E-state index contributed by atoms with van der Waals surface area (Å²) >= 11 is 0. The third-order valence-corrected chi connectivity index (χ3v) is 5.48. The Bertz CT molecular complexity index is 879. The Hall–Kier alpha value is -3.02. The van der Waals surface area contributed by atoms with Crippen LogP contribution in [0.3, 0.4) is 0 Å². The molecule has 1 saturated heterocycles. The fourth-order valence-electron chi connectivity index (χ4n) is 4.04. The number of benzene rings is 2. The highest BCUT2D eigenvalue weighted by Crippen LogP contribution is 2.32. The first kappa shape index (κ1) is 18.3. The van der Waals surface area contributed by atoms with E-state index >= 15 is 0 Å². The molecule has 3 amide bonds. The summed E-state index contributed by atoms with van der Waals surface area (Å²) in [6.07, 6.45) is 4.46. The molecular weight excluding hydrogens is 354 g/mol. The highest BCUT2D eigenvalue weighted by Gasteiger charge is 2.23. The molecule has 4 rings (SSSR count). The minimum Gasteiger partial charge on any atom is -0.497 e. The van der Waals surface area contributed by atoms with E-state index in [0.29, 0.717) is 12.1 Å². The SMILES string of the molecule is COc1ccc2c(c1)CCC[C@H]2NC(=O)Nc1ccc(N2CCCC2=O)cc1. The summed E-state index contributed by atoms with van der Waals surface area (Å²) in [6.45, 7) is 0.762. The van der Waals surface area contributed by atoms with Crippen molar-refractivity contribution in [1.29, 1.82) is 0 Å². The Morgan fingerprint density at radius 1 is 1.11 bits per heavy atom. The van der Waals surface area contributed by atoms with Crippen LogP contribution in [-0.4, -0.2) is 25.6 Å². The largest absolute Gasteiger partial charge is 0.497 e. The van der Waals surface area contributed by atoms with Crippen LogP contribution in [0.1, 0.15) is 42.9 Å². The van der Waals surface area contributed by atoms with Crippen molar-refractivity contribution >= 4 is 23.3 Å². The molecule has 0 radical (unpaired) electrons. The Morgan fingerprint density at radius 2 is 1.93 bits per heavy atom. The number of carbonyl (C=O) groups is 2. The van der Waals surface area contributed by atoms with Gasteiger partial charge in [-0.15, -0.1) is 0 Å². The van der Waals surface area contributed by atoms with E-state index in [1.165, 1.54) is 5.56 Å². The fraction of sp³-hybridized carbons (Fsp3) is 0.364. The van der Waals surface area contributed by atoms with Crippen LogP contribution in [0.15, 0.2) is 42.5 Å². The van der Waals surface area contributed by atoms with Crippen molar-refractivity contribution in [2.24, 2.45) is 0 Å². The number of anilines is 2. The van der Waals surface area contributed by atoms with E-state index in [9.17, 15) is 9.59 Å². The Balaban J connectivity index is 1.39. The molecule has 0 aromatic heterocycles. The van der Waals surface area contributed by atoms with Gasteiger partial charge in [0.1, 0.15) is 5.75 Å². The summed E-state index contributed by atoms with van der Waals surface area (Å²) in [5.74, 6) is 1.01. The molecule has 2 aromatic rings. The molecule has 6 heteroatoms. The average molecular weight is 379 g/mol. The average Bonchev–Trinajstić information content (AvgIpc) is 3.14. The van der Waals surface area contributed by atoms with Crippen molar-refractivity contribution in [3.05, 3.63) is 53.6 Å². The van der Waals surface area contributed by atoms with Gasteiger partial charge in [0.2, 0.25) is 5.91 Å². The van der Waals surface area contributed by atoms with Crippen LogP contribution in [-0.2, 0) is 11.2 Å². The number of amides is 3. The summed E-state index contributed by atoms with van der Waals surface area (Å²) in [5.41, 5.74) is 3.97. The van der Waals surface area contributed by atoms with E-state index < -0.39 is 0 Å². The molecule has 0 spiro atoms. The number of hydrogen-bond donors (Lipinski definition) is 2. The molecule has 0 saturated carbocycles. The van der Waals surface area contributed by atoms with Crippen molar-refractivity contribution < 1.29 is 14.3 Å². The monoisotopic (exact) mass is 379 g/mol. The van der Waals surface area contributed by atoms with Gasteiger partial charge in [-0.05, 0) is 73.2 Å². The number of hydrogen-bond acceptors (Lipinski definition) is 3. The molecule has 28 heavy (non-hydrogen) atoms. The number of aryl methyl sites for hydroxylation is 1. The highest BCUT2D eigenvalue weighted by atomic mass is 16.5. The van der Waals surface area contributed by atoms with Crippen LogP contribution >= 0.6 is 0 Å². The molecule has 6 nitrogen and oxygen atoms in total. The zero-order valence-corrected chi connectivity index (χ0v) is 16.0. The minimum atomic E-state index is -0.223. The second-order valence-electron chi connectivity index (χ2n) is 7.30. The van der Waals surface area contributed by atoms with Crippen LogP contribution in [0, 0.1) is 0 Å². The van der Waals surface area contributed by atoms with Gasteiger partial charge in [0, 0.05) is 24.3 Å². The lowest BCUT2D eigenvalue weighted by Crippen LogP contribution is -2.34. The maximum Gasteiger partial charge on any atom is 0.319 e. The van der Waals surface area contributed by atoms with Crippen molar-refractivity contribution in [2.75, 3.05) is 23.9 Å². The van der Waals surface area contributed by atoms with Crippen LogP contribution in [0.5, 0.6) is 5.75 Å². The van der Waals surface area contributed by atoms with Gasteiger partial charge >= 0.3 is 6.03 Å². The first-order valence-corrected chi connectivity index (χ1v) is 9.79. The maximum atomic E-state index is 12.5. The van der Waals surface area contributed by atoms with E-state index in [2.05, 4.69) is 16.7 Å². The summed E-state index contributed by atoms with van der Waals surface area (Å²) in [4.78, 5) is 26.1. The van der Waals surface area contributed by atoms with E-state index in [1.807, 2.05) is 36.4 Å². The second kappa shape index (κ2) is 7.92. The number of rotatable bonds is 4. The molecule has 1 heterocycles. The first-order valence-electron chi connectivity index (χ1n) is 9.79. The molecular formula is C22H25N3O3. The van der Waals surface area contributed by atoms with Crippen molar-refractivity contribution in [3.63, 3.8) is 0 Å². The molecule has 2 N–H and O–H groups in total. The summed E-state index contributed by atoms with van der Waals surface area (Å²) < 4.78 is 5.30. The summed E-state index contributed by atoms with van der Waals surface area (Å²) in [5, 5.41) is 5.98. The standard InChI is InChI=1S/C22H25N3O3/c1-28-18-11-12-19-15(14-18)4-2-5-20(19)24-22(27)23-16-7-9-17(10-8-16)25-13-3-6-21(25)26/h7-12,14,20H,2-6,13H2,1H3,(H2,23,24,27)/t20-/m1/s1. The lowest BCUT2D eigenvalue weighted by atomic mass is 9.87. The number of ether oxygens (including phenoxy) is 1. The van der Waals surface area contributed by atoms with E-state index in [4.69, 9.17) is 4.74 Å². The number of nitrogens with one attached hydrogen (secondary N) is 2. The normalized spacial score (nSPS) is 18.5. The van der Waals surface area contributed by atoms with Crippen LogP contribution in [0.2, 0.25) is 0 Å². The molecule has 0 bridgehead atoms. The van der Waals surface area contributed by atoms with Gasteiger partial charge in [-0.3, -0.25) is 4.79 Å². The van der Waals surface area contributed by atoms with E-state index in [1.54, 1.807) is 12.0 Å². The lowest BCUT2D eigenvalue weighted by Gasteiger charge is -2.27. The molecule has 1 aliphatic heterocycles. The van der Waals surface area contributed by atoms with Crippen LogP contribution in [0.25, 0.3) is 0 Å². The first-order chi connectivity index (χ1) is 13.6. The van der Waals surface area contributed by atoms with Gasteiger partial charge in [-0.1, -0.05) is 6.07 Å². The van der Waals surface area contributed by atoms with Gasteiger partial charge < -0.3 is 20.3 Å². The quantitative estimate of drug-likeness (QED) is 0.843. The second-order valence-corrected chi connectivity index (χ2v) is 7.30. The van der Waals surface area contributed by atoms with Crippen molar-refractivity contribution in [1.82, 2.24) is 5.32 Å². The van der Waals surface area contributed by atoms with Gasteiger partial charge in [-0.2, -0.15) is 0 Å². The van der Waals surface area contributed by atoms with Crippen LogP contribution in [0.4, 0.5) is 16.2 Å². The number of nitrogens with zero attached hydrogens (tertiary/aromatic N) is 1. The minimum absolute atomic E-state index is 0.00356. The highest BCUT2D eigenvalue weighted by molar-refractivity contribution is 5.96. The van der Waals surface area contributed by atoms with E-state index in [0.717, 1.165) is 49.2 Å². The number of fused-ring (bicyclic) bond motifs is 1. The Kier molecular flexibility index (Phi) is 5.19. The maximum absolute atomic E-state index is 12.5.